The van der Waals surface area contributed by atoms with Gasteiger partial charge in [0.25, 0.3) is 0 Å². The van der Waals surface area contributed by atoms with Crippen LogP contribution in [-0.2, 0) is 0 Å². The van der Waals surface area contributed by atoms with E-state index in [1.807, 2.05) is 110 Å². The Morgan fingerprint density at radius 2 is 0.983 bits per heavy atom. The molecule has 6 heteroatoms. The van der Waals surface area contributed by atoms with Crippen molar-refractivity contribution >= 4 is 24.3 Å². The quantitative estimate of drug-likeness (QED) is 0.127. The van der Waals surface area contributed by atoms with Crippen LogP contribution in [-0.4, -0.2) is 24.7 Å². The molecule has 0 saturated heterocycles. The van der Waals surface area contributed by atoms with Crippen molar-refractivity contribution in [3.63, 3.8) is 0 Å². The van der Waals surface area contributed by atoms with Crippen LogP contribution in [0.5, 0.6) is 5.75 Å². The van der Waals surface area contributed by atoms with Gasteiger partial charge in [-0.05, 0) is 71.0 Å². The van der Waals surface area contributed by atoms with Gasteiger partial charge >= 0.3 is 7.40 Å². The van der Waals surface area contributed by atoms with Gasteiger partial charge in [-0.3, -0.25) is 8.63 Å². The third-order valence-corrected chi connectivity index (χ3v) is 11.2. The molecule has 0 radical (unpaired) electrons. The Labute approximate surface area is 350 Å². The second-order valence-corrected chi connectivity index (χ2v) is 15.0. The number of allylic oxidation sites excluding steroid dienone is 2. The lowest BCUT2D eigenvalue weighted by Gasteiger charge is -2.21. The SMILES string of the molecule is COc1ccccc1/C(=C1/N=C(c2ccc(C)cc2)C=C1c1ccc(-c2ccccc2)cc1)c1c(-c2ccc(-c3ccccc3)cc2)cc(-c2ccc(C)cc2)n1B(F)F. The van der Waals surface area contributed by atoms with Gasteiger partial charge in [0.1, 0.15) is 5.75 Å². The van der Waals surface area contributed by atoms with Crippen LogP contribution >= 0.6 is 0 Å². The molecule has 60 heavy (non-hydrogen) atoms. The highest BCUT2D eigenvalue weighted by Crippen LogP contribution is 2.47. The molecule has 0 fully saturated rings. The zero-order valence-corrected chi connectivity index (χ0v) is 33.6. The van der Waals surface area contributed by atoms with Crippen molar-refractivity contribution < 1.29 is 13.4 Å². The standard InChI is InChI=1S/C54H41BF2N2O/c1-36-18-22-44(23-19-36)49-34-47(42-30-26-40(27-31-42)38-12-6-4-7-13-38)53(58-49)52(46-16-10-11-17-51(46)60-3)54-48(43-32-28-41(29-33-43)39-14-8-5-9-15-39)35-50(59(54)55(56)57)45-24-20-37(2)21-25-45/h4-35H,1-3H3/b53-52-. The summed E-state index contributed by atoms with van der Waals surface area (Å²) in [4.78, 5) is 5.43. The summed E-state index contributed by atoms with van der Waals surface area (Å²) >= 11 is 0. The summed E-state index contributed by atoms with van der Waals surface area (Å²) in [5.41, 5.74) is 14.5. The average molecular weight is 783 g/mol. The number of nitrogens with zero attached hydrogens (tertiary/aromatic N) is 2. The molecule has 3 nitrogen and oxygen atoms in total. The number of ether oxygens (including phenoxy) is 1. The summed E-state index contributed by atoms with van der Waals surface area (Å²) in [6.45, 7) is 4.05. The van der Waals surface area contributed by atoms with Crippen molar-refractivity contribution in [1.29, 1.82) is 0 Å². The number of para-hydroxylation sites is 1. The van der Waals surface area contributed by atoms with Gasteiger partial charge in [-0.2, -0.15) is 0 Å². The first kappa shape index (κ1) is 38.2. The maximum atomic E-state index is 16.3. The first-order valence-electron chi connectivity index (χ1n) is 20.0. The second-order valence-electron chi connectivity index (χ2n) is 15.0. The van der Waals surface area contributed by atoms with Gasteiger partial charge < -0.3 is 9.21 Å². The van der Waals surface area contributed by atoms with E-state index in [0.29, 0.717) is 45.1 Å². The molecule has 9 rings (SSSR count). The number of halogens is 2. The summed E-state index contributed by atoms with van der Waals surface area (Å²) in [5, 5.41) is 0. The smallest absolute Gasteiger partial charge is 0.496 e. The largest absolute Gasteiger partial charge is 0.678 e. The molecule has 0 spiro atoms. The lowest BCUT2D eigenvalue weighted by atomic mass is 9.89. The molecular formula is C54H41BF2N2O. The Kier molecular flexibility index (Phi) is 10.5. The molecule has 2 heterocycles. The van der Waals surface area contributed by atoms with Crippen LogP contribution in [0.4, 0.5) is 8.63 Å². The summed E-state index contributed by atoms with van der Waals surface area (Å²) in [5.74, 6) is 0.544. The van der Waals surface area contributed by atoms with E-state index < -0.39 is 7.40 Å². The van der Waals surface area contributed by atoms with Crippen LogP contribution in [0.25, 0.3) is 55.8 Å². The van der Waals surface area contributed by atoms with Gasteiger partial charge in [0.2, 0.25) is 0 Å². The molecule has 0 bridgehead atoms. The summed E-state index contributed by atoms with van der Waals surface area (Å²) in [6, 6.07) is 62.4. The highest BCUT2D eigenvalue weighted by molar-refractivity contribution is 6.42. The van der Waals surface area contributed by atoms with Gasteiger partial charge in [0, 0.05) is 33.5 Å². The van der Waals surface area contributed by atoms with Crippen LogP contribution in [0.2, 0.25) is 0 Å². The maximum Gasteiger partial charge on any atom is 0.678 e. The van der Waals surface area contributed by atoms with Crippen molar-refractivity contribution in [2.24, 2.45) is 4.99 Å². The first-order valence-corrected chi connectivity index (χ1v) is 20.0. The van der Waals surface area contributed by atoms with E-state index in [1.54, 1.807) is 7.11 Å². The van der Waals surface area contributed by atoms with Crippen molar-refractivity contribution in [1.82, 2.24) is 4.48 Å². The maximum absolute atomic E-state index is 16.3. The number of rotatable bonds is 10. The van der Waals surface area contributed by atoms with E-state index in [-0.39, 0.29) is 0 Å². The zero-order chi connectivity index (χ0) is 41.2. The molecule has 0 N–H and O–H groups in total. The minimum absolute atomic E-state index is 0.341. The average Bonchev–Trinajstić information content (AvgIpc) is 3.91. The molecule has 1 aromatic heterocycles. The van der Waals surface area contributed by atoms with E-state index in [1.165, 1.54) is 4.48 Å². The van der Waals surface area contributed by atoms with E-state index in [9.17, 15) is 0 Å². The molecule has 1 aliphatic heterocycles. The lowest BCUT2D eigenvalue weighted by Crippen LogP contribution is -2.18. The van der Waals surface area contributed by atoms with E-state index in [4.69, 9.17) is 9.73 Å². The van der Waals surface area contributed by atoms with Gasteiger partial charge in [-0.15, -0.1) is 0 Å². The van der Waals surface area contributed by atoms with Crippen molar-refractivity contribution in [2.45, 2.75) is 13.8 Å². The van der Waals surface area contributed by atoms with Gasteiger partial charge in [0.15, 0.2) is 0 Å². The molecule has 7 aromatic carbocycles. The van der Waals surface area contributed by atoms with Crippen LogP contribution in [0, 0.1) is 13.8 Å². The van der Waals surface area contributed by atoms with Crippen LogP contribution in [0.15, 0.2) is 205 Å². The Morgan fingerprint density at radius 3 is 1.53 bits per heavy atom. The zero-order valence-electron chi connectivity index (χ0n) is 33.6. The number of methoxy groups -OCH3 is 1. The van der Waals surface area contributed by atoms with Crippen molar-refractivity contribution in [3.8, 4) is 50.4 Å². The third kappa shape index (κ3) is 7.44. The number of benzene rings is 7. The summed E-state index contributed by atoms with van der Waals surface area (Å²) < 4.78 is 39.8. The van der Waals surface area contributed by atoms with E-state index in [2.05, 4.69) is 97.9 Å². The fourth-order valence-corrected chi connectivity index (χ4v) is 8.01. The Hall–Kier alpha value is -7.31. The van der Waals surface area contributed by atoms with Crippen LogP contribution in [0.3, 0.4) is 0 Å². The topological polar surface area (TPSA) is 26.5 Å². The van der Waals surface area contributed by atoms with Crippen molar-refractivity contribution in [3.05, 3.63) is 233 Å². The van der Waals surface area contributed by atoms with E-state index in [0.717, 1.165) is 61.4 Å². The lowest BCUT2D eigenvalue weighted by molar-refractivity contribution is 0.413. The minimum Gasteiger partial charge on any atom is -0.496 e. The van der Waals surface area contributed by atoms with Gasteiger partial charge in [-0.25, -0.2) is 4.99 Å². The molecule has 1 aliphatic rings. The Morgan fingerprint density at radius 1 is 0.517 bits per heavy atom. The first-order chi connectivity index (χ1) is 29.4. The monoisotopic (exact) mass is 782 g/mol. The fourth-order valence-electron chi connectivity index (χ4n) is 8.01. The Bertz CT molecular complexity index is 2890. The van der Waals surface area contributed by atoms with Gasteiger partial charge in [0.05, 0.1) is 24.2 Å². The molecule has 0 aliphatic carbocycles. The number of aromatic nitrogens is 1. The number of hydrogen-bond donors (Lipinski definition) is 0. The molecule has 0 atom stereocenters. The number of hydrogen-bond acceptors (Lipinski definition) is 2. The van der Waals surface area contributed by atoms with Crippen LogP contribution < -0.4 is 4.74 Å². The highest BCUT2D eigenvalue weighted by Gasteiger charge is 2.34. The third-order valence-electron chi connectivity index (χ3n) is 11.2. The van der Waals surface area contributed by atoms with Crippen molar-refractivity contribution in [2.75, 3.05) is 7.11 Å². The molecule has 0 unspecified atom stereocenters. The number of aliphatic imine (C=N–C) groups is 1. The normalized spacial score (nSPS) is 13.2. The van der Waals surface area contributed by atoms with E-state index >= 15 is 8.63 Å². The Balaban J connectivity index is 1.37. The fraction of sp³-hybridized carbons (Fsp3) is 0.0556. The molecule has 8 aromatic rings. The molecule has 0 amide bonds. The molecule has 290 valence electrons. The summed E-state index contributed by atoms with van der Waals surface area (Å²) in [7, 11) is -1.29. The number of aryl methyl sites for hydroxylation is 2. The minimum atomic E-state index is -2.90. The van der Waals surface area contributed by atoms with Gasteiger partial charge in [-0.1, -0.05) is 187 Å². The summed E-state index contributed by atoms with van der Waals surface area (Å²) in [6.07, 6.45) is 2.08. The molecular weight excluding hydrogens is 741 g/mol. The predicted octanol–water partition coefficient (Wildman–Crippen LogP) is 13.9. The highest BCUT2D eigenvalue weighted by atomic mass is 19.2. The second kappa shape index (κ2) is 16.5. The predicted molar refractivity (Wildman–Crippen MR) is 245 cm³/mol. The molecule has 0 saturated carbocycles. The van der Waals surface area contributed by atoms with Crippen LogP contribution in [0.1, 0.15) is 33.5 Å².